The topological polar surface area (TPSA) is 63.7 Å². The van der Waals surface area contributed by atoms with Crippen LogP contribution in [0.5, 0.6) is 11.5 Å². The molecular weight excluding hydrogens is 338 g/mol. The van der Waals surface area contributed by atoms with Gasteiger partial charge in [-0.3, -0.25) is 4.79 Å². The highest BCUT2D eigenvalue weighted by Gasteiger charge is 2.22. The number of piperidine rings is 1. The van der Waals surface area contributed by atoms with Crippen LogP contribution in [0.15, 0.2) is 29.8 Å². The molecule has 7 heteroatoms. The third-order valence-electron chi connectivity index (χ3n) is 4.41. The molecule has 1 aromatic carbocycles. The first-order chi connectivity index (χ1) is 12.2. The number of amides is 1. The van der Waals surface area contributed by atoms with Crippen molar-refractivity contribution in [3.05, 3.63) is 35.3 Å². The summed E-state index contributed by atoms with van der Waals surface area (Å²) >= 11 is 1.66. The largest absolute Gasteiger partial charge is 0.497 e. The normalized spacial score (nSPS) is 17.2. The summed E-state index contributed by atoms with van der Waals surface area (Å²) in [7, 11) is 3.14. The van der Waals surface area contributed by atoms with E-state index in [1.807, 2.05) is 11.6 Å². The van der Waals surface area contributed by atoms with Crippen LogP contribution in [0.25, 0.3) is 0 Å². The van der Waals surface area contributed by atoms with Gasteiger partial charge in [0.05, 0.1) is 19.8 Å². The average molecular weight is 361 g/mol. The Labute approximate surface area is 151 Å². The molecule has 1 atom stereocenters. The molecule has 1 unspecified atom stereocenters. The maximum atomic E-state index is 12.5. The number of aromatic nitrogens is 1. The van der Waals surface area contributed by atoms with Gasteiger partial charge in [0.15, 0.2) is 5.13 Å². The standard InChI is InChI=1S/C18H23N3O3S/c1-23-14-5-6-15(16(10-14)24-2)17(22)20-11-13-4-3-8-21(12-13)18-19-7-9-25-18/h5-7,9-10,13H,3-4,8,11-12H2,1-2H3,(H,20,22). The Balaban J connectivity index is 1.58. The second-order valence-corrected chi connectivity index (χ2v) is 6.92. The van der Waals surface area contributed by atoms with E-state index in [1.165, 1.54) is 0 Å². The Morgan fingerprint density at radius 3 is 3.00 bits per heavy atom. The summed E-state index contributed by atoms with van der Waals surface area (Å²) in [6.07, 6.45) is 4.06. The molecule has 25 heavy (non-hydrogen) atoms. The Kier molecular flexibility index (Phi) is 5.75. The van der Waals surface area contributed by atoms with Crippen LogP contribution in [0.1, 0.15) is 23.2 Å². The number of methoxy groups -OCH3 is 2. The third-order valence-corrected chi connectivity index (χ3v) is 5.25. The van der Waals surface area contributed by atoms with Gasteiger partial charge in [0, 0.05) is 37.3 Å². The third kappa shape index (κ3) is 4.22. The van der Waals surface area contributed by atoms with E-state index >= 15 is 0 Å². The van der Waals surface area contributed by atoms with E-state index < -0.39 is 0 Å². The molecule has 0 radical (unpaired) electrons. The van der Waals surface area contributed by atoms with Crippen molar-refractivity contribution in [2.75, 3.05) is 38.8 Å². The van der Waals surface area contributed by atoms with E-state index in [0.29, 0.717) is 29.5 Å². The van der Waals surface area contributed by atoms with Crippen LogP contribution < -0.4 is 19.7 Å². The fraction of sp³-hybridized carbons (Fsp3) is 0.444. The Morgan fingerprint density at radius 1 is 1.40 bits per heavy atom. The molecule has 2 aromatic rings. The van der Waals surface area contributed by atoms with Gasteiger partial charge in [-0.05, 0) is 30.9 Å². The molecule has 0 saturated carbocycles. The SMILES string of the molecule is COc1ccc(C(=O)NCC2CCCN(c3nccs3)C2)c(OC)c1. The quantitative estimate of drug-likeness (QED) is 0.857. The van der Waals surface area contributed by atoms with Gasteiger partial charge < -0.3 is 19.7 Å². The molecule has 1 aliphatic heterocycles. The maximum Gasteiger partial charge on any atom is 0.255 e. The highest BCUT2D eigenvalue weighted by Crippen LogP contribution is 2.26. The fourth-order valence-electron chi connectivity index (χ4n) is 3.10. The van der Waals surface area contributed by atoms with Crippen molar-refractivity contribution in [1.82, 2.24) is 10.3 Å². The van der Waals surface area contributed by atoms with Crippen molar-refractivity contribution in [1.29, 1.82) is 0 Å². The Hall–Kier alpha value is -2.28. The lowest BCUT2D eigenvalue weighted by Crippen LogP contribution is -2.41. The van der Waals surface area contributed by atoms with E-state index in [9.17, 15) is 4.79 Å². The molecule has 1 N–H and O–H groups in total. The van der Waals surface area contributed by atoms with Gasteiger partial charge in [0.25, 0.3) is 5.91 Å². The van der Waals surface area contributed by atoms with Crippen molar-refractivity contribution in [3.8, 4) is 11.5 Å². The highest BCUT2D eigenvalue weighted by molar-refractivity contribution is 7.13. The zero-order valence-corrected chi connectivity index (χ0v) is 15.3. The molecule has 6 nitrogen and oxygen atoms in total. The van der Waals surface area contributed by atoms with Gasteiger partial charge in [-0.2, -0.15) is 0 Å². The van der Waals surface area contributed by atoms with Gasteiger partial charge in [-0.25, -0.2) is 4.98 Å². The average Bonchev–Trinajstić information content (AvgIpc) is 3.20. The van der Waals surface area contributed by atoms with Crippen LogP contribution in [0.4, 0.5) is 5.13 Å². The number of carbonyl (C=O) groups excluding carboxylic acids is 1. The van der Waals surface area contributed by atoms with Gasteiger partial charge >= 0.3 is 0 Å². The molecule has 0 bridgehead atoms. The van der Waals surface area contributed by atoms with E-state index in [2.05, 4.69) is 15.2 Å². The molecule has 1 fully saturated rings. The van der Waals surface area contributed by atoms with Crippen LogP contribution in [0.2, 0.25) is 0 Å². The predicted octanol–water partition coefficient (Wildman–Crippen LogP) is 2.81. The van der Waals surface area contributed by atoms with Crippen LogP contribution in [-0.4, -0.2) is 44.7 Å². The lowest BCUT2D eigenvalue weighted by Gasteiger charge is -2.32. The summed E-state index contributed by atoms with van der Waals surface area (Å²) in [6, 6.07) is 5.22. The molecule has 134 valence electrons. The number of thiazole rings is 1. The molecule has 2 heterocycles. The number of benzene rings is 1. The summed E-state index contributed by atoms with van der Waals surface area (Å²) < 4.78 is 10.5. The predicted molar refractivity (Wildman–Crippen MR) is 98.9 cm³/mol. The molecule has 0 aliphatic carbocycles. The number of nitrogens with one attached hydrogen (secondary N) is 1. The summed E-state index contributed by atoms with van der Waals surface area (Å²) in [5.41, 5.74) is 0.524. The minimum atomic E-state index is -0.120. The first-order valence-electron chi connectivity index (χ1n) is 8.36. The van der Waals surface area contributed by atoms with E-state index in [-0.39, 0.29) is 5.91 Å². The van der Waals surface area contributed by atoms with Crippen molar-refractivity contribution in [3.63, 3.8) is 0 Å². The number of hydrogen-bond acceptors (Lipinski definition) is 6. The number of anilines is 1. The first kappa shape index (κ1) is 17.5. The molecule has 1 saturated heterocycles. The minimum absolute atomic E-state index is 0.120. The van der Waals surface area contributed by atoms with E-state index in [4.69, 9.17) is 9.47 Å². The van der Waals surface area contributed by atoms with Gasteiger partial charge in [0.2, 0.25) is 0 Å². The highest BCUT2D eigenvalue weighted by atomic mass is 32.1. The zero-order valence-electron chi connectivity index (χ0n) is 14.5. The number of hydrogen-bond donors (Lipinski definition) is 1. The van der Waals surface area contributed by atoms with Crippen LogP contribution in [0.3, 0.4) is 0 Å². The minimum Gasteiger partial charge on any atom is -0.497 e. The summed E-state index contributed by atoms with van der Waals surface area (Å²) in [4.78, 5) is 19.2. The van der Waals surface area contributed by atoms with Crippen molar-refractivity contribution in [2.24, 2.45) is 5.92 Å². The second kappa shape index (κ2) is 8.20. The monoisotopic (exact) mass is 361 g/mol. The fourth-order valence-corrected chi connectivity index (χ4v) is 3.78. The number of carbonyl (C=O) groups is 1. The summed E-state index contributed by atoms with van der Waals surface area (Å²) in [5.74, 6) is 1.49. The van der Waals surface area contributed by atoms with Crippen LogP contribution in [-0.2, 0) is 0 Å². The smallest absolute Gasteiger partial charge is 0.255 e. The maximum absolute atomic E-state index is 12.5. The lowest BCUT2D eigenvalue weighted by molar-refractivity contribution is 0.0942. The van der Waals surface area contributed by atoms with Crippen LogP contribution >= 0.6 is 11.3 Å². The van der Waals surface area contributed by atoms with Gasteiger partial charge in [-0.1, -0.05) is 0 Å². The molecule has 0 spiro atoms. The first-order valence-corrected chi connectivity index (χ1v) is 9.24. The van der Waals surface area contributed by atoms with Crippen LogP contribution in [0, 0.1) is 5.92 Å². The second-order valence-electron chi connectivity index (χ2n) is 6.05. The van der Waals surface area contributed by atoms with Gasteiger partial charge in [0.1, 0.15) is 11.5 Å². The Morgan fingerprint density at radius 2 is 2.28 bits per heavy atom. The number of rotatable bonds is 6. The van der Waals surface area contributed by atoms with Crippen molar-refractivity contribution in [2.45, 2.75) is 12.8 Å². The molecular formula is C18H23N3O3S. The summed E-state index contributed by atoms with van der Waals surface area (Å²) in [5, 5.41) is 6.10. The molecule has 1 amide bonds. The number of ether oxygens (including phenoxy) is 2. The van der Waals surface area contributed by atoms with Crippen molar-refractivity contribution < 1.29 is 14.3 Å². The molecule has 3 rings (SSSR count). The zero-order chi connectivity index (χ0) is 17.6. The van der Waals surface area contributed by atoms with E-state index in [0.717, 1.165) is 31.1 Å². The van der Waals surface area contributed by atoms with Crippen molar-refractivity contribution >= 4 is 22.4 Å². The summed E-state index contributed by atoms with van der Waals surface area (Å²) in [6.45, 7) is 2.60. The lowest BCUT2D eigenvalue weighted by atomic mass is 9.98. The van der Waals surface area contributed by atoms with E-state index in [1.54, 1.807) is 43.8 Å². The molecule has 1 aliphatic rings. The molecule has 1 aromatic heterocycles. The number of nitrogens with zero attached hydrogens (tertiary/aromatic N) is 2. The Bertz CT molecular complexity index is 706. The van der Waals surface area contributed by atoms with Gasteiger partial charge in [-0.15, -0.1) is 11.3 Å².